The monoisotopic (exact) mass is 236 g/mol. The minimum Gasteiger partial charge on any atom is -0.323 e. The second-order valence-electron chi connectivity index (χ2n) is 4.41. The van der Waals surface area contributed by atoms with Crippen LogP contribution in [0.1, 0.15) is 29.9 Å². The molecule has 0 saturated heterocycles. The highest BCUT2D eigenvalue weighted by molar-refractivity contribution is 6.00. The SMILES string of the molecule is O=C1Cc2cc([N+](=O)[O-])c(C3CC3)c(F)c2N1. The Morgan fingerprint density at radius 1 is 1.47 bits per heavy atom. The summed E-state index contributed by atoms with van der Waals surface area (Å²) in [6.45, 7) is 0. The van der Waals surface area contributed by atoms with Gasteiger partial charge in [0.15, 0.2) is 5.82 Å². The summed E-state index contributed by atoms with van der Waals surface area (Å²) >= 11 is 0. The molecular weight excluding hydrogens is 227 g/mol. The lowest BCUT2D eigenvalue weighted by molar-refractivity contribution is -0.385. The zero-order chi connectivity index (χ0) is 12.2. The number of carbonyl (C=O) groups excluding carboxylic acids is 1. The van der Waals surface area contributed by atoms with Crippen LogP contribution in [0.4, 0.5) is 15.8 Å². The molecule has 88 valence electrons. The Hall–Kier alpha value is -1.98. The molecule has 6 heteroatoms. The lowest BCUT2D eigenvalue weighted by Crippen LogP contribution is -2.05. The molecule has 1 aliphatic carbocycles. The van der Waals surface area contributed by atoms with E-state index >= 15 is 0 Å². The predicted octanol–water partition coefficient (Wildman–Crippen LogP) is 2.11. The minimum absolute atomic E-state index is 0.0119. The number of halogens is 1. The van der Waals surface area contributed by atoms with Gasteiger partial charge in [0.25, 0.3) is 5.69 Å². The number of nitro groups is 1. The molecule has 1 heterocycles. The lowest BCUT2D eigenvalue weighted by atomic mass is 10.0. The molecule has 1 aromatic rings. The number of anilines is 1. The van der Waals surface area contributed by atoms with Crippen LogP contribution in [0.15, 0.2) is 6.07 Å². The Morgan fingerprint density at radius 2 is 2.18 bits per heavy atom. The quantitative estimate of drug-likeness (QED) is 0.631. The standard InChI is InChI=1S/C11H9FN2O3/c12-10-9(5-1-2-5)7(14(16)17)3-6-4-8(15)13-11(6)10/h3,5H,1-2,4H2,(H,13,15). The van der Waals surface area contributed by atoms with Gasteiger partial charge in [-0.1, -0.05) is 0 Å². The number of carbonyl (C=O) groups is 1. The van der Waals surface area contributed by atoms with Crippen molar-refractivity contribution >= 4 is 17.3 Å². The Morgan fingerprint density at radius 3 is 2.76 bits per heavy atom. The fourth-order valence-corrected chi connectivity index (χ4v) is 2.25. The predicted molar refractivity (Wildman–Crippen MR) is 57.4 cm³/mol. The summed E-state index contributed by atoms with van der Waals surface area (Å²) in [5.74, 6) is -1.01. The number of hydrogen-bond acceptors (Lipinski definition) is 3. The molecule has 1 aromatic carbocycles. The largest absolute Gasteiger partial charge is 0.323 e. The number of hydrogen-bond donors (Lipinski definition) is 1. The van der Waals surface area contributed by atoms with E-state index in [4.69, 9.17) is 0 Å². The van der Waals surface area contributed by atoms with Gasteiger partial charge in [-0.15, -0.1) is 0 Å². The van der Waals surface area contributed by atoms with Gasteiger partial charge in [-0.05, 0) is 24.3 Å². The molecule has 0 bridgehead atoms. The number of nitro benzene ring substituents is 1. The van der Waals surface area contributed by atoms with Crippen molar-refractivity contribution in [3.05, 3.63) is 33.1 Å². The van der Waals surface area contributed by atoms with Crippen LogP contribution in [0.5, 0.6) is 0 Å². The number of benzene rings is 1. The first-order chi connectivity index (χ1) is 8.08. The van der Waals surface area contributed by atoms with E-state index in [0.717, 1.165) is 12.8 Å². The second kappa shape index (κ2) is 3.26. The third-order valence-corrected chi connectivity index (χ3v) is 3.16. The lowest BCUT2D eigenvalue weighted by Gasteiger charge is -2.07. The third kappa shape index (κ3) is 1.48. The van der Waals surface area contributed by atoms with E-state index in [2.05, 4.69) is 5.32 Å². The van der Waals surface area contributed by atoms with Gasteiger partial charge in [-0.3, -0.25) is 14.9 Å². The summed E-state index contributed by atoms with van der Waals surface area (Å²) in [7, 11) is 0. The number of nitrogens with one attached hydrogen (secondary N) is 1. The summed E-state index contributed by atoms with van der Waals surface area (Å²) < 4.78 is 14.1. The van der Waals surface area contributed by atoms with Gasteiger partial charge in [0.05, 0.1) is 22.6 Å². The Balaban J connectivity index is 2.23. The maximum Gasteiger partial charge on any atom is 0.276 e. The molecule has 2 aliphatic rings. The average molecular weight is 236 g/mol. The number of rotatable bonds is 2. The molecule has 3 rings (SSSR count). The Bertz CT molecular complexity index is 552. The zero-order valence-electron chi connectivity index (χ0n) is 8.83. The van der Waals surface area contributed by atoms with Gasteiger partial charge in [0, 0.05) is 6.07 Å². The van der Waals surface area contributed by atoms with Crippen molar-refractivity contribution in [1.82, 2.24) is 0 Å². The van der Waals surface area contributed by atoms with Crippen LogP contribution < -0.4 is 5.32 Å². The van der Waals surface area contributed by atoms with Crippen LogP contribution in [0, 0.1) is 15.9 Å². The average Bonchev–Trinajstić information content (AvgIpc) is 3.00. The molecule has 1 amide bonds. The van der Waals surface area contributed by atoms with E-state index in [1.165, 1.54) is 6.07 Å². The van der Waals surface area contributed by atoms with Crippen molar-refractivity contribution in [2.24, 2.45) is 0 Å². The fourth-order valence-electron chi connectivity index (χ4n) is 2.25. The number of fused-ring (bicyclic) bond motifs is 1. The molecule has 1 fully saturated rings. The van der Waals surface area contributed by atoms with Gasteiger partial charge < -0.3 is 5.32 Å². The maximum atomic E-state index is 14.1. The topological polar surface area (TPSA) is 72.2 Å². The van der Waals surface area contributed by atoms with E-state index in [1.54, 1.807) is 0 Å². The molecular formula is C11H9FN2O3. The first-order valence-electron chi connectivity index (χ1n) is 5.37. The van der Waals surface area contributed by atoms with Crippen molar-refractivity contribution < 1.29 is 14.1 Å². The molecule has 1 N–H and O–H groups in total. The Kier molecular flexibility index (Phi) is 1.95. The summed E-state index contributed by atoms with van der Waals surface area (Å²) in [6, 6.07) is 1.32. The van der Waals surface area contributed by atoms with E-state index in [9.17, 15) is 19.3 Å². The number of amides is 1. The van der Waals surface area contributed by atoms with Crippen molar-refractivity contribution in [2.45, 2.75) is 25.2 Å². The van der Waals surface area contributed by atoms with Crippen molar-refractivity contribution in [3.8, 4) is 0 Å². The van der Waals surface area contributed by atoms with Gasteiger partial charge in [0.2, 0.25) is 5.91 Å². The van der Waals surface area contributed by atoms with Gasteiger partial charge in [0.1, 0.15) is 0 Å². The molecule has 0 aromatic heterocycles. The molecule has 17 heavy (non-hydrogen) atoms. The molecule has 1 aliphatic heterocycles. The van der Waals surface area contributed by atoms with E-state index < -0.39 is 10.7 Å². The fraction of sp³-hybridized carbons (Fsp3) is 0.364. The van der Waals surface area contributed by atoms with E-state index in [1.807, 2.05) is 0 Å². The summed E-state index contributed by atoms with van der Waals surface area (Å²) in [5.41, 5.74) is 0.460. The molecule has 1 saturated carbocycles. The van der Waals surface area contributed by atoms with Crippen LogP contribution in [-0.2, 0) is 11.2 Å². The van der Waals surface area contributed by atoms with Crippen LogP contribution in [-0.4, -0.2) is 10.8 Å². The normalized spacial score (nSPS) is 17.8. The minimum atomic E-state index is -0.623. The van der Waals surface area contributed by atoms with Crippen LogP contribution in [0.25, 0.3) is 0 Å². The molecule has 5 nitrogen and oxygen atoms in total. The van der Waals surface area contributed by atoms with Crippen LogP contribution in [0.2, 0.25) is 0 Å². The van der Waals surface area contributed by atoms with Gasteiger partial charge >= 0.3 is 0 Å². The highest BCUT2D eigenvalue weighted by Gasteiger charge is 2.38. The van der Waals surface area contributed by atoms with Crippen molar-refractivity contribution in [2.75, 3.05) is 5.32 Å². The maximum absolute atomic E-state index is 14.1. The van der Waals surface area contributed by atoms with Crippen molar-refractivity contribution in [1.29, 1.82) is 0 Å². The summed E-state index contributed by atoms with van der Waals surface area (Å²) in [5, 5.41) is 13.3. The first kappa shape index (κ1) is 10.2. The van der Waals surface area contributed by atoms with E-state index in [0.29, 0.717) is 5.56 Å². The number of nitrogens with zero attached hydrogens (tertiary/aromatic N) is 1. The summed E-state index contributed by atoms with van der Waals surface area (Å²) in [4.78, 5) is 21.5. The van der Waals surface area contributed by atoms with E-state index in [-0.39, 0.29) is 35.2 Å². The molecule has 0 unspecified atom stereocenters. The molecule has 0 atom stereocenters. The summed E-state index contributed by atoms with van der Waals surface area (Å²) in [6.07, 6.45) is 1.55. The van der Waals surface area contributed by atoms with Gasteiger partial charge in [-0.2, -0.15) is 0 Å². The Labute approximate surface area is 95.8 Å². The van der Waals surface area contributed by atoms with Crippen LogP contribution >= 0.6 is 0 Å². The highest BCUT2D eigenvalue weighted by atomic mass is 19.1. The molecule has 0 spiro atoms. The first-order valence-corrected chi connectivity index (χ1v) is 5.37. The smallest absolute Gasteiger partial charge is 0.276 e. The zero-order valence-corrected chi connectivity index (χ0v) is 8.83. The molecule has 0 radical (unpaired) electrons. The third-order valence-electron chi connectivity index (χ3n) is 3.16. The van der Waals surface area contributed by atoms with Crippen LogP contribution in [0.3, 0.4) is 0 Å². The second-order valence-corrected chi connectivity index (χ2v) is 4.41. The van der Waals surface area contributed by atoms with Gasteiger partial charge in [-0.25, -0.2) is 4.39 Å². The highest BCUT2D eigenvalue weighted by Crippen LogP contribution is 2.48. The van der Waals surface area contributed by atoms with Crippen molar-refractivity contribution in [3.63, 3.8) is 0 Å².